The van der Waals surface area contributed by atoms with Gasteiger partial charge in [-0.25, -0.2) is 16.8 Å². The Hall–Kier alpha value is -0.820. The Morgan fingerprint density at radius 3 is 1.32 bits per heavy atom. The maximum Gasteiger partial charge on any atom is 0.501 e. The average molecular weight is 435 g/mol. The summed E-state index contributed by atoms with van der Waals surface area (Å²) < 4.78 is 120. The van der Waals surface area contributed by atoms with E-state index in [1.54, 1.807) is 0 Å². The van der Waals surface area contributed by atoms with Gasteiger partial charge in [0.2, 0.25) is 0 Å². The molecule has 0 spiro atoms. The molecule has 0 fully saturated rings. The fourth-order valence-corrected chi connectivity index (χ4v) is 3.40. The Balaban J connectivity index is 3.73. The lowest BCUT2D eigenvalue weighted by atomic mass is 10.2. The second-order valence-corrected chi connectivity index (χ2v) is 8.29. The van der Waals surface area contributed by atoms with Gasteiger partial charge in [-0.2, -0.15) is 26.3 Å². The Kier molecular flexibility index (Phi) is 4.96. The molecule has 1 rings (SSSR count). The quantitative estimate of drug-likeness (QED) is 0.541. The zero-order valence-corrected chi connectivity index (χ0v) is 13.3. The smallest absolute Gasteiger partial charge is 0.214 e. The molecule has 0 heterocycles. The molecule has 4 nitrogen and oxygen atoms in total. The molecule has 0 saturated heterocycles. The number of halogens is 7. The Bertz CT molecular complexity index is 717. The summed E-state index contributed by atoms with van der Waals surface area (Å²) in [6.45, 7) is 0. The first-order valence-electron chi connectivity index (χ1n) is 4.97. The average Bonchev–Trinajstić information content (AvgIpc) is 2.35. The van der Waals surface area contributed by atoms with E-state index >= 15 is 0 Å². The molecule has 0 saturated carbocycles. The van der Waals surface area contributed by atoms with Gasteiger partial charge in [0.1, 0.15) is 0 Å². The van der Waals surface area contributed by atoms with Crippen LogP contribution in [0, 0.1) is 0 Å². The SMILES string of the molecule is O=S(=O)(c1cc(CBr)cc(S(=O)(=O)C(F)(F)F)c1)C(F)(F)F. The standard InChI is InChI=1S/C9H5BrF6O4S2/c10-4-5-1-6(21(17,18)8(11,12)13)3-7(2-5)22(19,20)9(14,15)16/h1-3H,4H2. The van der Waals surface area contributed by atoms with Crippen molar-refractivity contribution in [3.05, 3.63) is 23.8 Å². The molecular weight excluding hydrogens is 430 g/mol. The van der Waals surface area contributed by atoms with Gasteiger partial charge in [-0.15, -0.1) is 0 Å². The highest BCUT2D eigenvalue weighted by molar-refractivity contribution is 9.08. The topological polar surface area (TPSA) is 68.3 Å². The van der Waals surface area contributed by atoms with Crippen molar-refractivity contribution in [3.8, 4) is 0 Å². The number of hydrogen-bond acceptors (Lipinski definition) is 4. The van der Waals surface area contributed by atoms with Crippen molar-refractivity contribution in [3.63, 3.8) is 0 Å². The van der Waals surface area contributed by atoms with Crippen LogP contribution in [0.5, 0.6) is 0 Å². The summed E-state index contributed by atoms with van der Waals surface area (Å²) in [5.74, 6) is 0. The second kappa shape index (κ2) is 5.67. The summed E-state index contributed by atoms with van der Waals surface area (Å²) in [6.07, 6.45) is 0. The maximum atomic E-state index is 12.4. The van der Waals surface area contributed by atoms with Gasteiger partial charge in [0, 0.05) is 5.33 Å². The number of hydrogen-bond donors (Lipinski definition) is 0. The lowest BCUT2D eigenvalue weighted by Gasteiger charge is -2.13. The van der Waals surface area contributed by atoms with Crippen molar-refractivity contribution in [2.45, 2.75) is 26.1 Å². The molecule has 0 aliphatic rings. The van der Waals surface area contributed by atoms with Gasteiger partial charge in [-0.3, -0.25) is 0 Å². The molecule has 126 valence electrons. The number of alkyl halides is 7. The minimum atomic E-state index is -5.99. The van der Waals surface area contributed by atoms with E-state index in [1.165, 1.54) is 0 Å². The van der Waals surface area contributed by atoms with Crippen molar-refractivity contribution in [2.75, 3.05) is 0 Å². The molecule has 0 amide bonds. The van der Waals surface area contributed by atoms with Gasteiger partial charge in [0.05, 0.1) is 9.79 Å². The van der Waals surface area contributed by atoms with Gasteiger partial charge in [-0.1, -0.05) is 15.9 Å². The fourth-order valence-electron chi connectivity index (χ4n) is 1.29. The molecule has 0 atom stereocenters. The highest BCUT2D eigenvalue weighted by Gasteiger charge is 2.50. The zero-order chi connectivity index (χ0) is 17.6. The van der Waals surface area contributed by atoms with Gasteiger partial charge in [-0.05, 0) is 23.8 Å². The van der Waals surface area contributed by atoms with E-state index in [-0.39, 0.29) is 17.0 Å². The molecular formula is C9H5BrF6O4S2. The molecule has 0 radical (unpaired) electrons. The molecule has 0 N–H and O–H groups in total. The summed E-state index contributed by atoms with van der Waals surface area (Å²) in [7, 11) is -12.0. The van der Waals surface area contributed by atoms with E-state index in [4.69, 9.17) is 0 Å². The van der Waals surface area contributed by atoms with Crippen LogP contribution in [0.3, 0.4) is 0 Å². The van der Waals surface area contributed by atoms with E-state index in [1.807, 2.05) is 0 Å². The van der Waals surface area contributed by atoms with Crippen molar-refractivity contribution in [1.29, 1.82) is 0 Å². The maximum absolute atomic E-state index is 12.4. The number of rotatable bonds is 3. The third-order valence-corrected chi connectivity index (χ3v) is 5.90. The summed E-state index contributed by atoms with van der Waals surface area (Å²) in [5, 5.41) is -0.353. The normalized spacial score (nSPS) is 14.1. The Morgan fingerprint density at radius 1 is 0.773 bits per heavy atom. The van der Waals surface area contributed by atoms with Crippen LogP contribution in [0.4, 0.5) is 26.3 Å². The number of benzene rings is 1. The predicted molar refractivity (Wildman–Crippen MR) is 65.6 cm³/mol. The van der Waals surface area contributed by atoms with Crippen LogP contribution in [-0.2, 0) is 25.0 Å². The third kappa shape index (κ3) is 3.40. The predicted octanol–water partition coefficient (Wildman–Crippen LogP) is 3.17. The van der Waals surface area contributed by atoms with Gasteiger partial charge >= 0.3 is 11.0 Å². The van der Waals surface area contributed by atoms with Crippen LogP contribution >= 0.6 is 15.9 Å². The van der Waals surface area contributed by atoms with Crippen LogP contribution < -0.4 is 0 Å². The van der Waals surface area contributed by atoms with E-state index in [2.05, 4.69) is 15.9 Å². The molecule has 0 bridgehead atoms. The first-order chi connectivity index (χ1) is 9.64. The first-order valence-corrected chi connectivity index (χ1v) is 9.06. The zero-order valence-electron chi connectivity index (χ0n) is 10.0. The molecule has 0 unspecified atom stereocenters. The van der Waals surface area contributed by atoms with E-state index in [0.29, 0.717) is 12.1 Å². The molecule has 22 heavy (non-hydrogen) atoms. The largest absolute Gasteiger partial charge is 0.501 e. The highest BCUT2D eigenvalue weighted by atomic mass is 79.9. The summed E-state index contributed by atoms with van der Waals surface area (Å²) in [5.41, 5.74) is -11.9. The monoisotopic (exact) mass is 434 g/mol. The van der Waals surface area contributed by atoms with Crippen LogP contribution in [0.2, 0.25) is 0 Å². The van der Waals surface area contributed by atoms with Crippen LogP contribution in [0.25, 0.3) is 0 Å². The third-order valence-electron chi connectivity index (χ3n) is 2.32. The highest BCUT2D eigenvalue weighted by Crippen LogP contribution is 2.36. The van der Waals surface area contributed by atoms with Gasteiger partial charge < -0.3 is 0 Å². The first kappa shape index (κ1) is 19.2. The van der Waals surface area contributed by atoms with Gasteiger partial charge in [0.15, 0.2) is 0 Å². The molecule has 0 aliphatic carbocycles. The van der Waals surface area contributed by atoms with Crippen LogP contribution in [-0.4, -0.2) is 27.9 Å². The second-order valence-electron chi connectivity index (χ2n) is 3.84. The number of sulfone groups is 2. The molecule has 1 aromatic rings. The van der Waals surface area contributed by atoms with Crippen molar-refractivity contribution in [1.82, 2.24) is 0 Å². The van der Waals surface area contributed by atoms with Crippen molar-refractivity contribution < 1.29 is 43.2 Å². The van der Waals surface area contributed by atoms with Crippen LogP contribution in [0.15, 0.2) is 28.0 Å². The minimum Gasteiger partial charge on any atom is -0.214 e. The minimum absolute atomic E-state index is 0.169. The van der Waals surface area contributed by atoms with Crippen LogP contribution in [0.1, 0.15) is 5.56 Å². The Morgan fingerprint density at radius 2 is 1.09 bits per heavy atom. The fraction of sp³-hybridized carbons (Fsp3) is 0.333. The molecule has 1 aromatic carbocycles. The lowest BCUT2D eigenvalue weighted by molar-refractivity contribution is -0.0438. The molecule has 13 heteroatoms. The van der Waals surface area contributed by atoms with Crippen molar-refractivity contribution in [2.24, 2.45) is 0 Å². The summed E-state index contributed by atoms with van der Waals surface area (Å²) in [6, 6.07) is 0.706. The van der Waals surface area contributed by atoms with E-state index < -0.39 is 40.5 Å². The summed E-state index contributed by atoms with van der Waals surface area (Å²) in [4.78, 5) is -3.17. The lowest BCUT2D eigenvalue weighted by Crippen LogP contribution is -2.26. The summed E-state index contributed by atoms with van der Waals surface area (Å²) >= 11 is 2.71. The van der Waals surface area contributed by atoms with E-state index in [9.17, 15) is 43.2 Å². The molecule has 0 aromatic heterocycles. The van der Waals surface area contributed by atoms with Crippen molar-refractivity contribution >= 4 is 35.6 Å². The van der Waals surface area contributed by atoms with E-state index in [0.717, 1.165) is 0 Å². The van der Waals surface area contributed by atoms with Gasteiger partial charge in [0.25, 0.3) is 19.7 Å². The Labute approximate surface area is 129 Å². The molecule has 0 aliphatic heterocycles.